The summed E-state index contributed by atoms with van der Waals surface area (Å²) in [5.41, 5.74) is 3.01. The Bertz CT molecular complexity index is 782. The molecule has 2 aromatic rings. The van der Waals surface area contributed by atoms with Crippen LogP contribution in [0, 0.1) is 13.8 Å². The van der Waals surface area contributed by atoms with Crippen molar-refractivity contribution in [2.75, 3.05) is 0 Å². The van der Waals surface area contributed by atoms with Crippen LogP contribution in [0.4, 0.5) is 8.63 Å². The molecule has 0 atom stereocenters. The fourth-order valence-electron chi connectivity index (χ4n) is 2.49. The Morgan fingerprint density at radius 1 is 0.864 bits per heavy atom. The molecule has 1 aliphatic rings. The van der Waals surface area contributed by atoms with Crippen molar-refractivity contribution in [2.45, 2.75) is 13.8 Å². The van der Waals surface area contributed by atoms with E-state index >= 15 is 0 Å². The molecule has 1 heterocycles. The third-order valence-corrected chi connectivity index (χ3v) is 3.61. The molecule has 22 heavy (non-hydrogen) atoms. The van der Waals surface area contributed by atoms with Crippen molar-refractivity contribution in [3.05, 3.63) is 76.9 Å². The van der Waals surface area contributed by atoms with Crippen molar-refractivity contribution in [3.8, 4) is 0 Å². The van der Waals surface area contributed by atoms with E-state index in [0.717, 1.165) is 11.1 Å². The summed E-state index contributed by atoms with van der Waals surface area (Å²) in [5.74, 6) is 0.264. The van der Waals surface area contributed by atoms with Gasteiger partial charge in [-0.15, -0.1) is 0 Å². The van der Waals surface area contributed by atoms with E-state index in [0.29, 0.717) is 11.1 Å². The molecule has 0 spiro atoms. The minimum Gasteiger partial charge on any atom is -0.569 e. The lowest BCUT2D eigenvalue weighted by atomic mass is 9.98. The van der Waals surface area contributed by atoms with Gasteiger partial charge in [0, 0.05) is 5.56 Å². The maximum absolute atomic E-state index is 13.9. The first-order valence-corrected chi connectivity index (χ1v) is 7.05. The third-order valence-electron chi connectivity index (χ3n) is 3.61. The van der Waals surface area contributed by atoms with Crippen LogP contribution >= 0.6 is 0 Å². The Balaban J connectivity index is 2.12. The summed E-state index contributed by atoms with van der Waals surface area (Å²) in [6.45, 7) is 3.71. The van der Waals surface area contributed by atoms with E-state index in [1.165, 1.54) is 6.08 Å². The molecule has 0 N–H and O–H groups in total. The third kappa shape index (κ3) is 2.79. The van der Waals surface area contributed by atoms with E-state index in [-0.39, 0.29) is 11.5 Å². The zero-order valence-corrected chi connectivity index (χ0v) is 12.3. The van der Waals surface area contributed by atoms with Crippen LogP contribution in [0.3, 0.4) is 0 Å². The van der Waals surface area contributed by atoms with E-state index < -0.39 is 7.11 Å². The Morgan fingerprint density at radius 2 is 1.41 bits per heavy atom. The van der Waals surface area contributed by atoms with Crippen LogP contribution in [0.2, 0.25) is 0 Å². The number of rotatable bonds is 2. The van der Waals surface area contributed by atoms with Gasteiger partial charge in [0.25, 0.3) is 5.78 Å². The van der Waals surface area contributed by atoms with Crippen LogP contribution in [-0.4, -0.2) is 12.9 Å². The Labute approximate surface area is 127 Å². The lowest BCUT2D eigenvalue weighted by Gasteiger charge is -2.21. The summed E-state index contributed by atoms with van der Waals surface area (Å²) < 4.78 is 37.4. The highest BCUT2D eigenvalue weighted by atomic mass is 19.3. The predicted octanol–water partition coefficient (Wildman–Crippen LogP) is 4.47. The monoisotopic (exact) mass is 300 g/mol. The molecule has 1 aliphatic heterocycles. The first-order chi connectivity index (χ1) is 10.5. The maximum atomic E-state index is 13.9. The lowest BCUT2D eigenvalue weighted by molar-refractivity contribution is -0.183. The summed E-state index contributed by atoms with van der Waals surface area (Å²) in [5, 5.41) is 0. The molecule has 0 bridgehead atoms. The van der Waals surface area contributed by atoms with Crippen molar-refractivity contribution in [2.24, 2.45) is 0 Å². The molecule has 2 aromatic carbocycles. The van der Waals surface area contributed by atoms with Gasteiger partial charge in [0.2, 0.25) is 0 Å². The number of allylic oxidation sites excluding steroid dienone is 1. The molecule has 0 aliphatic carbocycles. The van der Waals surface area contributed by atoms with Crippen LogP contribution in [0.25, 0.3) is 5.76 Å². The second-order valence-corrected chi connectivity index (χ2v) is 5.27. The van der Waals surface area contributed by atoms with Gasteiger partial charge in [0.05, 0.1) is 17.4 Å². The Morgan fingerprint density at radius 3 is 2.00 bits per heavy atom. The number of halogens is 2. The summed E-state index contributed by atoms with van der Waals surface area (Å²) in [6.07, 6.45) is 1.53. The average Bonchev–Trinajstić information content (AvgIpc) is 2.46. The van der Waals surface area contributed by atoms with Gasteiger partial charge in [-0.3, -0.25) is 0 Å². The quantitative estimate of drug-likeness (QED) is 0.592. The molecule has 0 aromatic heterocycles. The zero-order valence-electron chi connectivity index (χ0n) is 12.3. The number of hydrogen-bond acceptors (Lipinski definition) is 1. The highest BCUT2D eigenvalue weighted by Crippen LogP contribution is 2.30. The molecule has 5 heteroatoms. The van der Waals surface area contributed by atoms with Crippen molar-refractivity contribution in [1.82, 2.24) is 0 Å². The Kier molecular flexibility index (Phi) is 3.57. The van der Waals surface area contributed by atoms with E-state index in [9.17, 15) is 8.63 Å². The number of carbonyl (C=O) groups excluding carboxylic acids is 1. The first-order valence-electron chi connectivity index (χ1n) is 7.05. The largest absolute Gasteiger partial charge is 0.995 e. The van der Waals surface area contributed by atoms with Gasteiger partial charge in [-0.05, 0) is 31.0 Å². The fourth-order valence-corrected chi connectivity index (χ4v) is 2.49. The normalized spacial score (nSPS) is 16.5. The highest BCUT2D eigenvalue weighted by molar-refractivity contribution is 6.52. The second kappa shape index (κ2) is 5.41. The molecule has 2 nitrogen and oxygen atoms in total. The van der Waals surface area contributed by atoms with E-state index in [1.54, 1.807) is 24.3 Å². The van der Waals surface area contributed by atoms with Gasteiger partial charge in [-0.25, -0.2) is 0 Å². The maximum Gasteiger partial charge on any atom is 0.995 e. The zero-order chi connectivity index (χ0) is 15.7. The van der Waals surface area contributed by atoms with Crippen molar-refractivity contribution in [3.63, 3.8) is 0 Å². The molecule has 0 radical (unpaired) electrons. The van der Waals surface area contributed by atoms with Gasteiger partial charge >= 0.3 is 7.11 Å². The van der Waals surface area contributed by atoms with Gasteiger partial charge in [-0.1, -0.05) is 42.5 Å². The Hall–Kier alpha value is -2.43. The van der Waals surface area contributed by atoms with E-state index in [1.807, 2.05) is 38.1 Å². The van der Waals surface area contributed by atoms with Crippen LogP contribution in [0.5, 0.6) is 0 Å². The molecule has 0 fully saturated rings. The van der Waals surface area contributed by atoms with Crippen LogP contribution in [0.15, 0.2) is 54.6 Å². The van der Waals surface area contributed by atoms with Gasteiger partial charge in [0.1, 0.15) is 0 Å². The molecular formula is C17H15BF2O2. The molecule has 0 amide bonds. The van der Waals surface area contributed by atoms with Crippen LogP contribution in [-0.2, 0) is 4.65 Å². The molecule has 0 saturated carbocycles. The molecule has 3 rings (SSSR count). The smallest absolute Gasteiger partial charge is 0.569 e. The van der Waals surface area contributed by atoms with Crippen molar-refractivity contribution < 1.29 is 17.6 Å². The minimum atomic E-state index is -4.38. The van der Waals surface area contributed by atoms with Crippen LogP contribution in [0.1, 0.15) is 26.6 Å². The van der Waals surface area contributed by atoms with Gasteiger partial charge in [0.15, 0.2) is 0 Å². The predicted molar refractivity (Wildman–Crippen MR) is 83.7 cm³/mol. The minimum absolute atomic E-state index is 0.132. The number of ketones is 1. The number of benzene rings is 2. The number of hydrogen-bond donors (Lipinski definition) is 0. The SMILES string of the molecule is Cc1ccccc1C1=CC(c2ccccc2C)=[O+][B-](F)(F)O1. The fraction of sp³-hybridized carbons (Fsp3) is 0.118. The summed E-state index contributed by atoms with van der Waals surface area (Å²) >= 11 is 0. The average molecular weight is 300 g/mol. The van der Waals surface area contributed by atoms with E-state index in [4.69, 9.17) is 9.00 Å². The summed E-state index contributed by atoms with van der Waals surface area (Å²) in [4.78, 5) is 0. The number of aryl methyl sites for hydroxylation is 2. The second-order valence-electron chi connectivity index (χ2n) is 5.27. The van der Waals surface area contributed by atoms with Crippen LogP contribution < -0.4 is 0 Å². The topological polar surface area (TPSA) is 20.5 Å². The molecule has 0 unspecified atom stereocenters. The lowest BCUT2D eigenvalue weighted by Crippen LogP contribution is -2.31. The van der Waals surface area contributed by atoms with Gasteiger partial charge in [-0.2, -0.15) is 0 Å². The molecular weight excluding hydrogens is 285 g/mol. The standard InChI is InChI=1S/C17H15BF2O2/c1-12-7-3-5-9-14(12)16-11-17(22-18(19,20)21-16)15-10-6-4-8-13(15)2/h3-11H,1-2H3. The van der Waals surface area contributed by atoms with E-state index in [2.05, 4.69) is 0 Å². The van der Waals surface area contributed by atoms with Crippen molar-refractivity contribution >= 4 is 18.6 Å². The summed E-state index contributed by atoms with van der Waals surface area (Å²) in [6, 6.07) is 14.5. The summed E-state index contributed by atoms with van der Waals surface area (Å²) in [7, 11) is -4.38. The first kappa shape index (κ1) is 14.5. The van der Waals surface area contributed by atoms with Gasteiger partial charge < -0.3 is 17.6 Å². The molecule has 0 saturated heterocycles. The highest BCUT2D eigenvalue weighted by Gasteiger charge is 2.53. The molecule has 112 valence electrons. The van der Waals surface area contributed by atoms with Crippen molar-refractivity contribution in [1.29, 1.82) is 0 Å².